The zero-order chi connectivity index (χ0) is 22.6. The highest BCUT2D eigenvalue weighted by Gasteiger charge is 2.64. The molecule has 0 saturated heterocycles. The Bertz CT molecular complexity index is 906. The predicted octanol–water partition coefficient (Wildman–Crippen LogP) is 3.17. The van der Waals surface area contributed by atoms with E-state index in [9.17, 15) is 40.0 Å². The third-order valence-electron chi connectivity index (χ3n) is 3.08. The second-order valence-electron chi connectivity index (χ2n) is 5.19. The minimum Gasteiger partial charge on any atom is -0.445 e. The Morgan fingerprint density at radius 2 is 1.86 bits per heavy atom. The molecule has 15 heteroatoms. The van der Waals surface area contributed by atoms with Crippen LogP contribution in [0.1, 0.15) is 10.4 Å². The van der Waals surface area contributed by atoms with Crippen molar-refractivity contribution in [1.29, 1.82) is 0 Å². The molecule has 1 aromatic carbocycles. The number of halogens is 6. The average molecular weight is 558 g/mol. The Kier molecular flexibility index (Phi) is 7.94. The van der Waals surface area contributed by atoms with Crippen LogP contribution >= 0.6 is 22.6 Å². The van der Waals surface area contributed by atoms with Crippen LogP contribution in [0.25, 0.3) is 0 Å². The van der Waals surface area contributed by atoms with Crippen molar-refractivity contribution < 1.29 is 49.2 Å². The summed E-state index contributed by atoms with van der Waals surface area (Å²) < 4.78 is 100. The fourth-order valence-electron chi connectivity index (χ4n) is 1.76. The Balaban J connectivity index is 3.10. The van der Waals surface area contributed by atoms with Crippen molar-refractivity contribution in [3.8, 4) is 0 Å². The van der Waals surface area contributed by atoms with Crippen molar-refractivity contribution in [2.75, 3.05) is 11.9 Å². The van der Waals surface area contributed by atoms with Crippen molar-refractivity contribution in [2.24, 2.45) is 0 Å². The number of hydrogen-bond donors (Lipinski definition) is 3. The molecule has 1 unspecified atom stereocenters. The lowest BCUT2D eigenvalue weighted by molar-refractivity contribution is -0.191. The van der Waals surface area contributed by atoms with Gasteiger partial charge in [0.1, 0.15) is 6.61 Å². The second kappa shape index (κ2) is 9.21. The Labute approximate surface area is 174 Å². The molecule has 0 fully saturated rings. The third-order valence-corrected chi connectivity index (χ3v) is 4.90. The van der Waals surface area contributed by atoms with Gasteiger partial charge in [-0.05, 0) is 40.8 Å². The zero-order valence-corrected chi connectivity index (χ0v) is 16.9. The number of hydrogen-bond acceptors (Lipinski definition) is 5. The van der Waals surface area contributed by atoms with E-state index in [-0.39, 0.29) is 15.9 Å². The maximum Gasteiger partial charge on any atom is 0.415 e. The topological polar surface area (TPSA) is 122 Å². The fourth-order valence-corrected chi connectivity index (χ4v) is 2.90. The lowest BCUT2D eigenvalue weighted by atomic mass is 10.1. The van der Waals surface area contributed by atoms with Gasteiger partial charge in [-0.3, -0.25) is 14.7 Å². The first-order valence-corrected chi connectivity index (χ1v) is 9.69. The number of ether oxygens (including phenoxy) is 1. The average Bonchev–Trinajstić information content (AvgIpc) is 2.57. The van der Waals surface area contributed by atoms with Gasteiger partial charge in [0.2, 0.25) is 6.04 Å². The minimum absolute atomic E-state index is 0.0897. The lowest BCUT2D eigenvalue weighted by Crippen LogP contribution is -2.59. The molecule has 1 rings (SSSR count). The Morgan fingerprint density at radius 3 is 2.31 bits per heavy atom. The molecule has 1 atom stereocenters. The van der Waals surface area contributed by atoms with Crippen molar-refractivity contribution in [2.45, 2.75) is 17.5 Å². The van der Waals surface area contributed by atoms with Crippen molar-refractivity contribution in [3.05, 3.63) is 40.0 Å². The molecule has 0 saturated carbocycles. The SMILES string of the molecule is C=CCOC(=O)Nc1ccc(C(=O)NC(C(F)(F)F)C(F)(F)S(=O)(=O)O)cc1I. The summed E-state index contributed by atoms with van der Waals surface area (Å²) in [5, 5.41) is -2.62. The van der Waals surface area contributed by atoms with E-state index in [1.807, 2.05) is 0 Å². The molecule has 0 aliphatic carbocycles. The maximum atomic E-state index is 13.5. The molecule has 0 aliphatic heterocycles. The van der Waals surface area contributed by atoms with Gasteiger partial charge < -0.3 is 10.1 Å². The lowest BCUT2D eigenvalue weighted by Gasteiger charge is -2.27. The van der Waals surface area contributed by atoms with E-state index in [1.165, 1.54) is 6.08 Å². The van der Waals surface area contributed by atoms with Crippen LogP contribution in [0.15, 0.2) is 30.9 Å². The highest BCUT2D eigenvalue weighted by Crippen LogP contribution is 2.36. The van der Waals surface area contributed by atoms with Gasteiger partial charge >= 0.3 is 27.6 Å². The summed E-state index contributed by atoms with van der Waals surface area (Å²) in [4.78, 5) is 23.4. The molecule has 162 valence electrons. The molecule has 0 spiro atoms. The van der Waals surface area contributed by atoms with E-state index in [1.54, 1.807) is 22.6 Å². The molecule has 0 heterocycles. The van der Waals surface area contributed by atoms with Crippen LogP contribution in [0.4, 0.5) is 32.4 Å². The van der Waals surface area contributed by atoms with Gasteiger partial charge in [-0.25, -0.2) is 4.79 Å². The summed E-state index contributed by atoms with van der Waals surface area (Å²) in [7, 11) is -6.49. The van der Waals surface area contributed by atoms with Crippen LogP contribution in [0, 0.1) is 3.57 Å². The molecular formula is C14H12F5IN2O6S. The van der Waals surface area contributed by atoms with E-state index in [0.29, 0.717) is 0 Å². The van der Waals surface area contributed by atoms with E-state index < -0.39 is 45.2 Å². The van der Waals surface area contributed by atoms with Gasteiger partial charge in [0.25, 0.3) is 5.91 Å². The van der Waals surface area contributed by atoms with E-state index in [2.05, 4.69) is 16.6 Å². The van der Waals surface area contributed by atoms with Crippen LogP contribution in [0.3, 0.4) is 0 Å². The molecular weight excluding hydrogens is 546 g/mol. The standard InChI is InChI=1S/C14H12F5IN2O6S/c1-2-5-28-12(24)21-9-4-3-7(6-8(9)20)10(23)22-11(13(15,16)17)14(18,19)29(25,26)27/h2-4,6,11H,1,5H2,(H,21,24)(H,22,23)(H,25,26,27). The van der Waals surface area contributed by atoms with E-state index in [0.717, 1.165) is 23.5 Å². The molecule has 0 aliphatic rings. The monoisotopic (exact) mass is 558 g/mol. The summed E-state index contributed by atoms with van der Waals surface area (Å²) in [5.41, 5.74) is -0.466. The third kappa shape index (κ3) is 6.49. The molecule has 29 heavy (non-hydrogen) atoms. The molecule has 1 aromatic rings. The normalized spacial score (nSPS) is 13.3. The molecule has 8 nitrogen and oxygen atoms in total. The van der Waals surface area contributed by atoms with Gasteiger partial charge in [0.05, 0.1) is 5.69 Å². The number of rotatable bonds is 7. The van der Waals surface area contributed by atoms with Gasteiger partial charge in [-0.15, -0.1) is 0 Å². The first kappa shape index (κ1) is 25.0. The first-order valence-electron chi connectivity index (χ1n) is 7.18. The number of nitrogens with one attached hydrogen (secondary N) is 2. The highest BCUT2D eigenvalue weighted by atomic mass is 127. The Hall–Kier alpha value is -2.01. The van der Waals surface area contributed by atoms with Gasteiger partial charge in [0.15, 0.2) is 0 Å². The maximum absolute atomic E-state index is 13.5. The van der Waals surface area contributed by atoms with Crippen LogP contribution in [-0.2, 0) is 14.9 Å². The van der Waals surface area contributed by atoms with E-state index >= 15 is 0 Å². The summed E-state index contributed by atoms with van der Waals surface area (Å²) >= 11 is 1.59. The molecule has 0 radical (unpaired) electrons. The van der Waals surface area contributed by atoms with Crippen LogP contribution in [0.5, 0.6) is 0 Å². The zero-order valence-electron chi connectivity index (χ0n) is 14.0. The largest absolute Gasteiger partial charge is 0.445 e. The quantitative estimate of drug-likeness (QED) is 0.205. The molecule has 3 N–H and O–H groups in total. The number of amides is 2. The fraction of sp³-hybridized carbons (Fsp3) is 0.286. The molecule has 2 amide bonds. The summed E-state index contributed by atoms with van der Waals surface area (Å²) in [6.07, 6.45) is -5.51. The van der Waals surface area contributed by atoms with Crippen molar-refractivity contribution in [3.63, 3.8) is 0 Å². The smallest absolute Gasteiger partial charge is 0.415 e. The molecule has 0 bridgehead atoms. The highest BCUT2D eigenvalue weighted by molar-refractivity contribution is 14.1. The van der Waals surface area contributed by atoms with Crippen LogP contribution in [-0.4, -0.2) is 49.1 Å². The number of alkyl halides is 5. The van der Waals surface area contributed by atoms with Crippen LogP contribution < -0.4 is 10.6 Å². The number of carbonyl (C=O) groups is 2. The number of carbonyl (C=O) groups excluding carboxylic acids is 2. The number of benzene rings is 1. The predicted molar refractivity (Wildman–Crippen MR) is 98.1 cm³/mol. The van der Waals surface area contributed by atoms with Gasteiger partial charge in [-0.2, -0.15) is 30.4 Å². The summed E-state index contributed by atoms with van der Waals surface area (Å²) in [6, 6.07) is -1.30. The Morgan fingerprint density at radius 1 is 1.28 bits per heavy atom. The summed E-state index contributed by atoms with van der Waals surface area (Å²) in [6.45, 7) is 3.22. The summed E-state index contributed by atoms with van der Waals surface area (Å²) in [5.74, 6) is -1.70. The second-order valence-corrected chi connectivity index (χ2v) is 7.85. The minimum atomic E-state index is -6.49. The van der Waals surface area contributed by atoms with Gasteiger partial charge in [0, 0.05) is 9.13 Å². The van der Waals surface area contributed by atoms with Crippen molar-refractivity contribution in [1.82, 2.24) is 5.32 Å². The number of anilines is 1. The first-order chi connectivity index (χ1) is 13.1. The van der Waals surface area contributed by atoms with Crippen LogP contribution in [0.2, 0.25) is 0 Å². The molecule has 0 aromatic heterocycles. The van der Waals surface area contributed by atoms with Crippen molar-refractivity contribution >= 4 is 50.4 Å². The van der Waals surface area contributed by atoms with E-state index in [4.69, 9.17) is 4.55 Å². The van der Waals surface area contributed by atoms with Gasteiger partial charge in [-0.1, -0.05) is 12.7 Å².